The monoisotopic (exact) mass is 260 g/mol. The van der Waals surface area contributed by atoms with E-state index in [1.165, 1.54) is 64.2 Å². The van der Waals surface area contributed by atoms with Gasteiger partial charge in [0, 0.05) is 0 Å². The third-order valence-corrected chi connectivity index (χ3v) is 6.12. The van der Waals surface area contributed by atoms with Gasteiger partial charge in [-0.3, -0.25) is 0 Å². The van der Waals surface area contributed by atoms with Crippen LogP contribution in [0.5, 0.6) is 0 Å². The van der Waals surface area contributed by atoms with Crippen molar-refractivity contribution in [3.8, 4) is 0 Å². The lowest BCUT2D eigenvalue weighted by molar-refractivity contribution is 0.322. The topological polar surface area (TPSA) is 0 Å². The molecule has 0 radical (unpaired) electrons. The smallest absolute Gasteiger partial charge is 0.0175 e. The molecule has 3 aliphatic carbocycles. The molecule has 3 rings (SSSR count). The third kappa shape index (κ3) is 3.86. The summed E-state index contributed by atoms with van der Waals surface area (Å²) in [5.41, 5.74) is 1.74. The highest BCUT2D eigenvalue weighted by Gasteiger charge is 2.35. The van der Waals surface area contributed by atoms with Crippen LogP contribution in [0.3, 0.4) is 0 Å². The molecule has 4 atom stereocenters. The normalized spacial score (nSPS) is 40.0. The van der Waals surface area contributed by atoms with Crippen molar-refractivity contribution in [1.29, 1.82) is 0 Å². The molecule has 108 valence electrons. The Bertz CT molecular complexity index is 323. The largest absolute Gasteiger partial charge is 0.0853 e. The molecule has 0 aromatic carbocycles. The van der Waals surface area contributed by atoms with Crippen molar-refractivity contribution in [2.45, 2.75) is 78.1 Å². The summed E-state index contributed by atoms with van der Waals surface area (Å²) in [5, 5.41) is 0. The van der Waals surface area contributed by atoms with Crippen LogP contribution in [-0.2, 0) is 0 Å². The van der Waals surface area contributed by atoms with E-state index in [-0.39, 0.29) is 0 Å². The average molecular weight is 260 g/mol. The highest BCUT2D eigenvalue weighted by Crippen LogP contribution is 2.47. The van der Waals surface area contributed by atoms with Crippen LogP contribution in [-0.4, -0.2) is 0 Å². The first-order valence-corrected chi connectivity index (χ1v) is 8.90. The van der Waals surface area contributed by atoms with Gasteiger partial charge in [0.05, 0.1) is 0 Å². The van der Waals surface area contributed by atoms with Gasteiger partial charge in [-0.1, -0.05) is 37.8 Å². The van der Waals surface area contributed by atoms with Crippen molar-refractivity contribution < 1.29 is 0 Å². The Balaban J connectivity index is 1.56. The maximum absolute atomic E-state index is 2.58. The molecule has 0 heteroatoms. The first-order chi connectivity index (χ1) is 9.24. The van der Waals surface area contributed by atoms with Gasteiger partial charge in [-0.05, 0) is 81.5 Å². The average Bonchev–Trinajstić information content (AvgIpc) is 3.29. The molecule has 0 bridgehead atoms. The molecular weight excluding hydrogens is 228 g/mol. The van der Waals surface area contributed by atoms with Crippen LogP contribution < -0.4 is 0 Å². The Morgan fingerprint density at radius 1 is 1.05 bits per heavy atom. The van der Waals surface area contributed by atoms with Crippen LogP contribution in [0.15, 0.2) is 11.6 Å². The van der Waals surface area contributed by atoms with Crippen LogP contribution in [0.1, 0.15) is 78.1 Å². The molecule has 2 fully saturated rings. The van der Waals surface area contributed by atoms with Gasteiger partial charge >= 0.3 is 0 Å². The van der Waals surface area contributed by atoms with E-state index in [9.17, 15) is 0 Å². The zero-order chi connectivity index (χ0) is 13.2. The highest BCUT2D eigenvalue weighted by atomic mass is 14.4. The predicted molar refractivity (Wildman–Crippen MR) is 83.1 cm³/mol. The minimum atomic E-state index is 0.958. The molecule has 0 aromatic rings. The summed E-state index contributed by atoms with van der Waals surface area (Å²) in [6.07, 6.45) is 17.5. The maximum atomic E-state index is 2.58. The Morgan fingerprint density at radius 3 is 2.53 bits per heavy atom. The minimum Gasteiger partial charge on any atom is -0.0853 e. The fraction of sp³-hybridized carbons (Fsp3) is 0.895. The van der Waals surface area contributed by atoms with E-state index in [4.69, 9.17) is 0 Å². The van der Waals surface area contributed by atoms with Crippen molar-refractivity contribution in [3.05, 3.63) is 11.6 Å². The number of hydrogen-bond donors (Lipinski definition) is 0. The molecule has 0 spiro atoms. The zero-order valence-corrected chi connectivity index (χ0v) is 13.0. The van der Waals surface area contributed by atoms with Crippen molar-refractivity contribution in [1.82, 2.24) is 0 Å². The molecule has 0 amide bonds. The second-order valence-electron chi connectivity index (χ2n) is 7.83. The van der Waals surface area contributed by atoms with Crippen molar-refractivity contribution >= 4 is 0 Å². The van der Waals surface area contributed by atoms with Crippen molar-refractivity contribution in [2.24, 2.45) is 29.6 Å². The SMILES string of the molecule is CC1=CCCCCC(CCC2CC2C)CC1C1CC1. The molecule has 0 aliphatic heterocycles. The van der Waals surface area contributed by atoms with Gasteiger partial charge in [0.25, 0.3) is 0 Å². The molecule has 4 unspecified atom stereocenters. The summed E-state index contributed by atoms with van der Waals surface area (Å²) in [6.45, 7) is 4.86. The number of rotatable bonds is 4. The quantitative estimate of drug-likeness (QED) is 0.546. The van der Waals surface area contributed by atoms with E-state index >= 15 is 0 Å². The lowest BCUT2D eigenvalue weighted by atomic mass is 9.82. The number of hydrogen-bond acceptors (Lipinski definition) is 0. The minimum absolute atomic E-state index is 0.958. The van der Waals surface area contributed by atoms with E-state index in [0.717, 1.165) is 29.6 Å². The third-order valence-electron chi connectivity index (χ3n) is 6.12. The second-order valence-corrected chi connectivity index (χ2v) is 7.83. The van der Waals surface area contributed by atoms with Gasteiger partial charge in [-0.15, -0.1) is 0 Å². The van der Waals surface area contributed by atoms with E-state index in [0.29, 0.717) is 0 Å². The molecule has 2 saturated carbocycles. The molecule has 0 nitrogen and oxygen atoms in total. The second kappa shape index (κ2) is 6.02. The number of allylic oxidation sites excluding steroid dienone is 2. The lowest BCUT2D eigenvalue weighted by Crippen LogP contribution is -2.12. The van der Waals surface area contributed by atoms with Gasteiger partial charge in [0.15, 0.2) is 0 Å². The fourth-order valence-electron chi connectivity index (χ4n) is 4.30. The molecule has 0 N–H and O–H groups in total. The maximum Gasteiger partial charge on any atom is -0.0175 e. The highest BCUT2D eigenvalue weighted by molar-refractivity contribution is 5.09. The first kappa shape index (κ1) is 13.7. The van der Waals surface area contributed by atoms with Crippen molar-refractivity contribution in [2.75, 3.05) is 0 Å². The van der Waals surface area contributed by atoms with Crippen LogP contribution in [0.2, 0.25) is 0 Å². The fourth-order valence-corrected chi connectivity index (χ4v) is 4.30. The van der Waals surface area contributed by atoms with E-state index in [1.54, 1.807) is 5.57 Å². The van der Waals surface area contributed by atoms with Gasteiger partial charge in [0.2, 0.25) is 0 Å². The van der Waals surface area contributed by atoms with Gasteiger partial charge < -0.3 is 0 Å². The summed E-state index contributed by atoms with van der Waals surface area (Å²) >= 11 is 0. The van der Waals surface area contributed by atoms with E-state index < -0.39 is 0 Å². The van der Waals surface area contributed by atoms with Gasteiger partial charge in [0.1, 0.15) is 0 Å². The Hall–Kier alpha value is -0.260. The summed E-state index contributed by atoms with van der Waals surface area (Å²) in [6, 6.07) is 0. The standard InChI is InChI=1S/C19H32/c1-14-6-4-3-5-7-16(8-9-18-12-15(18)2)13-19(14)17-10-11-17/h6,15-19H,3-5,7-13H2,1-2H3. The Labute approximate surface area is 120 Å². The van der Waals surface area contributed by atoms with Gasteiger partial charge in [-0.2, -0.15) is 0 Å². The molecule has 0 heterocycles. The molecule has 3 aliphatic rings. The Kier molecular flexibility index (Phi) is 4.34. The van der Waals surface area contributed by atoms with Gasteiger partial charge in [-0.25, -0.2) is 0 Å². The van der Waals surface area contributed by atoms with Crippen LogP contribution in [0.25, 0.3) is 0 Å². The van der Waals surface area contributed by atoms with E-state index in [1.807, 2.05) is 0 Å². The predicted octanol–water partition coefficient (Wildman–Crippen LogP) is 5.98. The molecule has 0 aromatic heterocycles. The molecule has 0 saturated heterocycles. The first-order valence-electron chi connectivity index (χ1n) is 8.90. The van der Waals surface area contributed by atoms with Crippen LogP contribution >= 0.6 is 0 Å². The molecule has 19 heavy (non-hydrogen) atoms. The van der Waals surface area contributed by atoms with Crippen molar-refractivity contribution in [3.63, 3.8) is 0 Å². The summed E-state index contributed by atoms with van der Waals surface area (Å²) < 4.78 is 0. The zero-order valence-electron chi connectivity index (χ0n) is 13.0. The van der Waals surface area contributed by atoms with Crippen LogP contribution in [0, 0.1) is 29.6 Å². The summed E-state index contributed by atoms with van der Waals surface area (Å²) in [4.78, 5) is 0. The summed E-state index contributed by atoms with van der Waals surface area (Å²) in [7, 11) is 0. The van der Waals surface area contributed by atoms with E-state index in [2.05, 4.69) is 19.9 Å². The Morgan fingerprint density at radius 2 is 1.84 bits per heavy atom. The summed E-state index contributed by atoms with van der Waals surface area (Å²) in [5.74, 6) is 5.22. The lowest BCUT2D eigenvalue weighted by Gasteiger charge is -2.24. The van der Waals surface area contributed by atoms with Crippen LogP contribution in [0.4, 0.5) is 0 Å². The molecular formula is C19H32.